The van der Waals surface area contributed by atoms with Crippen molar-refractivity contribution in [2.24, 2.45) is 5.73 Å². The molecule has 0 bridgehead atoms. The Morgan fingerprint density at radius 3 is 2.50 bits per heavy atom. The predicted molar refractivity (Wildman–Crippen MR) is 77.1 cm³/mol. The zero-order chi connectivity index (χ0) is 16.3. The number of nitrogens with two attached hydrogens (primary N) is 2. The van der Waals surface area contributed by atoms with E-state index in [0.29, 0.717) is 11.4 Å². The van der Waals surface area contributed by atoms with E-state index >= 15 is 0 Å². The number of nitro benzene ring substituents is 1. The van der Waals surface area contributed by atoms with Crippen LogP contribution in [0.5, 0.6) is 5.75 Å². The van der Waals surface area contributed by atoms with E-state index in [1.54, 1.807) is 6.92 Å². The molecule has 0 spiro atoms. The fourth-order valence-corrected chi connectivity index (χ4v) is 1.90. The summed E-state index contributed by atoms with van der Waals surface area (Å²) >= 11 is 0. The van der Waals surface area contributed by atoms with Crippen molar-refractivity contribution < 1.29 is 14.5 Å². The highest BCUT2D eigenvalue weighted by molar-refractivity contribution is 5.95. The zero-order valence-corrected chi connectivity index (χ0v) is 11.6. The molecule has 0 atom stereocenters. The minimum Gasteiger partial charge on any atom is -0.487 e. The highest BCUT2D eigenvalue weighted by atomic mass is 16.6. The predicted octanol–water partition coefficient (Wildman–Crippen LogP) is 0.953. The molecule has 1 heterocycles. The molecule has 9 heteroatoms. The molecule has 0 radical (unpaired) electrons. The summed E-state index contributed by atoms with van der Waals surface area (Å²) in [5.41, 5.74) is 11.6. The van der Waals surface area contributed by atoms with Crippen molar-refractivity contribution in [3.05, 3.63) is 51.3 Å². The maximum Gasteiger partial charge on any atom is 0.269 e. The molecule has 0 unspecified atom stereocenters. The van der Waals surface area contributed by atoms with Gasteiger partial charge in [-0.25, -0.2) is 9.97 Å². The van der Waals surface area contributed by atoms with Gasteiger partial charge in [0.25, 0.3) is 11.6 Å². The molecular formula is C13H13N5O4. The smallest absolute Gasteiger partial charge is 0.269 e. The van der Waals surface area contributed by atoms with Crippen LogP contribution in [-0.2, 0) is 6.61 Å². The molecule has 4 N–H and O–H groups in total. The lowest BCUT2D eigenvalue weighted by molar-refractivity contribution is -0.384. The van der Waals surface area contributed by atoms with Crippen molar-refractivity contribution in [1.29, 1.82) is 0 Å². The Kier molecular flexibility index (Phi) is 4.16. The Labute approximate surface area is 125 Å². The molecule has 114 valence electrons. The van der Waals surface area contributed by atoms with E-state index in [9.17, 15) is 14.9 Å². The number of nitrogen functional groups attached to an aromatic ring is 1. The summed E-state index contributed by atoms with van der Waals surface area (Å²) in [6.45, 7) is 1.52. The highest BCUT2D eigenvalue weighted by Crippen LogP contribution is 2.19. The summed E-state index contributed by atoms with van der Waals surface area (Å²) in [5.74, 6) is -0.291. The van der Waals surface area contributed by atoms with Crippen LogP contribution in [0.4, 0.5) is 11.6 Å². The quantitative estimate of drug-likeness (QED) is 0.617. The molecule has 1 aromatic heterocycles. The number of benzene rings is 1. The Morgan fingerprint density at radius 1 is 1.32 bits per heavy atom. The Bertz CT molecular complexity index is 730. The van der Waals surface area contributed by atoms with Gasteiger partial charge in [-0.05, 0) is 19.1 Å². The van der Waals surface area contributed by atoms with E-state index in [0.717, 1.165) is 0 Å². The molecular weight excluding hydrogens is 290 g/mol. The lowest BCUT2D eigenvalue weighted by atomic mass is 10.1. The van der Waals surface area contributed by atoms with Crippen LogP contribution in [0.3, 0.4) is 0 Å². The van der Waals surface area contributed by atoms with Crippen LogP contribution in [0, 0.1) is 17.0 Å². The number of primary amides is 1. The molecule has 1 amide bonds. The second-order valence-corrected chi connectivity index (χ2v) is 4.39. The Morgan fingerprint density at radius 2 is 1.95 bits per heavy atom. The number of hydrogen-bond acceptors (Lipinski definition) is 7. The van der Waals surface area contributed by atoms with Gasteiger partial charge < -0.3 is 16.2 Å². The lowest BCUT2D eigenvalue weighted by Gasteiger charge is -2.10. The molecule has 0 fully saturated rings. The second-order valence-electron chi connectivity index (χ2n) is 4.39. The Hall–Kier alpha value is -3.23. The first-order valence-corrected chi connectivity index (χ1v) is 6.18. The number of rotatable bonds is 5. The summed E-state index contributed by atoms with van der Waals surface area (Å²) in [6, 6.07) is 5.51. The van der Waals surface area contributed by atoms with Gasteiger partial charge >= 0.3 is 0 Å². The third kappa shape index (κ3) is 3.26. The van der Waals surface area contributed by atoms with Crippen LogP contribution in [-0.4, -0.2) is 20.8 Å². The topological polar surface area (TPSA) is 147 Å². The summed E-state index contributed by atoms with van der Waals surface area (Å²) < 4.78 is 5.45. The molecule has 1 aromatic carbocycles. The van der Waals surface area contributed by atoms with Gasteiger partial charge in [-0.2, -0.15) is 0 Å². The first-order valence-electron chi connectivity index (χ1n) is 6.18. The van der Waals surface area contributed by atoms with Crippen LogP contribution >= 0.6 is 0 Å². The number of carbonyl (C=O) groups excluding carboxylic acids is 1. The number of nitro groups is 1. The van der Waals surface area contributed by atoms with E-state index in [-0.39, 0.29) is 29.5 Å². The van der Waals surface area contributed by atoms with E-state index in [1.807, 2.05) is 0 Å². The molecule has 2 aromatic rings. The van der Waals surface area contributed by atoms with Crippen LogP contribution < -0.4 is 16.2 Å². The van der Waals surface area contributed by atoms with Crippen molar-refractivity contribution in [2.45, 2.75) is 13.5 Å². The fourth-order valence-electron chi connectivity index (χ4n) is 1.90. The first kappa shape index (κ1) is 15.2. The lowest BCUT2D eigenvalue weighted by Crippen LogP contribution is -2.20. The van der Waals surface area contributed by atoms with Crippen molar-refractivity contribution in [1.82, 2.24) is 9.97 Å². The third-order valence-corrected chi connectivity index (χ3v) is 2.85. The van der Waals surface area contributed by atoms with Crippen LogP contribution in [0.1, 0.15) is 21.7 Å². The van der Waals surface area contributed by atoms with E-state index in [4.69, 9.17) is 16.2 Å². The van der Waals surface area contributed by atoms with Gasteiger partial charge in [0.2, 0.25) is 5.95 Å². The van der Waals surface area contributed by atoms with Gasteiger partial charge in [-0.1, -0.05) is 0 Å². The molecule has 0 saturated heterocycles. The molecule has 22 heavy (non-hydrogen) atoms. The fraction of sp³-hybridized carbons (Fsp3) is 0.154. The van der Waals surface area contributed by atoms with Crippen molar-refractivity contribution in [2.75, 3.05) is 5.73 Å². The molecule has 0 saturated carbocycles. The van der Waals surface area contributed by atoms with Gasteiger partial charge in [0, 0.05) is 12.1 Å². The Balaban J connectivity index is 2.21. The van der Waals surface area contributed by atoms with Gasteiger partial charge in [0.05, 0.1) is 21.9 Å². The van der Waals surface area contributed by atoms with Crippen molar-refractivity contribution in [3.8, 4) is 5.75 Å². The number of aryl methyl sites for hydroxylation is 1. The number of amides is 1. The molecule has 0 aliphatic carbocycles. The average molecular weight is 303 g/mol. The van der Waals surface area contributed by atoms with Gasteiger partial charge in [0.1, 0.15) is 12.4 Å². The van der Waals surface area contributed by atoms with Crippen LogP contribution in [0.15, 0.2) is 24.3 Å². The number of ether oxygens (including phenoxy) is 1. The van der Waals surface area contributed by atoms with Gasteiger partial charge in [-0.3, -0.25) is 14.9 Å². The molecule has 9 nitrogen and oxygen atoms in total. The van der Waals surface area contributed by atoms with E-state index in [1.165, 1.54) is 24.3 Å². The highest BCUT2D eigenvalue weighted by Gasteiger charge is 2.16. The monoisotopic (exact) mass is 303 g/mol. The second kappa shape index (κ2) is 6.04. The van der Waals surface area contributed by atoms with Crippen molar-refractivity contribution >= 4 is 17.5 Å². The van der Waals surface area contributed by atoms with E-state index in [2.05, 4.69) is 9.97 Å². The minimum absolute atomic E-state index is 0.00444. The summed E-state index contributed by atoms with van der Waals surface area (Å²) in [5, 5.41) is 10.6. The minimum atomic E-state index is -0.681. The molecule has 0 aliphatic heterocycles. The van der Waals surface area contributed by atoms with Crippen molar-refractivity contribution in [3.63, 3.8) is 0 Å². The average Bonchev–Trinajstić information content (AvgIpc) is 2.44. The third-order valence-electron chi connectivity index (χ3n) is 2.85. The normalized spacial score (nSPS) is 10.2. The van der Waals surface area contributed by atoms with Gasteiger partial charge in [0.15, 0.2) is 0 Å². The number of non-ortho nitro benzene ring substituents is 1. The van der Waals surface area contributed by atoms with Crippen LogP contribution in [0.2, 0.25) is 0 Å². The summed E-state index contributed by atoms with van der Waals surface area (Å²) in [4.78, 5) is 29.3. The standard InChI is InChI=1S/C13H13N5O4/c1-7-11(12(14)19)10(17-13(15)16-7)6-22-9-4-2-8(3-5-9)18(20)21/h2-5H,6H2,1H3,(H2,14,19)(H2,15,16,17). The zero-order valence-electron chi connectivity index (χ0n) is 11.6. The molecule has 2 rings (SSSR count). The van der Waals surface area contributed by atoms with Crippen LogP contribution in [0.25, 0.3) is 0 Å². The number of carbonyl (C=O) groups is 1. The SMILES string of the molecule is Cc1nc(N)nc(COc2ccc([N+](=O)[O-])cc2)c1C(N)=O. The summed E-state index contributed by atoms with van der Waals surface area (Å²) in [7, 11) is 0. The largest absolute Gasteiger partial charge is 0.487 e. The summed E-state index contributed by atoms with van der Waals surface area (Å²) in [6.07, 6.45) is 0. The maximum atomic E-state index is 11.5. The van der Waals surface area contributed by atoms with Gasteiger partial charge in [-0.15, -0.1) is 0 Å². The molecule has 0 aliphatic rings. The maximum absolute atomic E-state index is 11.5. The first-order chi connectivity index (χ1) is 10.4. The number of hydrogen-bond donors (Lipinski definition) is 2. The number of aromatic nitrogens is 2. The number of anilines is 1. The number of nitrogens with zero attached hydrogens (tertiary/aromatic N) is 3. The van der Waals surface area contributed by atoms with E-state index < -0.39 is 10.8 Å².